The lowest BCUT2D eigenvalue weighted by Crippen LogP contribution is -2.38. The van der Waals surface area contributed by atoms with Gasteiger partial charge in [-0.15, -0.1) is 24.0 Å². The highest BCUT2D eigenvalue weighted by molar-refractivity contribution is 14.0. The molecule has 0 saturated carbocycles. The number of benzene rings is 2. The molecule has 0 aromatic heterocycles. The third-order valence-electron chi connectivity index (χ3n) is 4.61. The van der Waals surface area contributed by atoms with Crippen LogP contribution in [-0.2, 0) is 23.1 Å². The summed E-state index contributed by atoms with van der Waals surface area (Å²) in [6.07, 6.45) is 0. The van der Waals surface area contributed by atoms with Crippen molar-refractivity contribution in [1.29, 1.82) is 0 Å². The molecule has 0 fully saturated rings. The second-order valence-electron chi connectivity index (χ2n) is 7.00. The van der Waals surface area contributed by atoms with Crippen LogP contribution in [0.15, 0.2) is 64.5 Å². The number of aliphatic imine (C=N–C) groups is 1. The summed E-state index contributed by atoms with van der Waals surface area (Å²) in [5.74, 6) is 0.778. The molecule has 29 heavy (non-hydrogen) atoms. The smallest absolute Gasteiger partial charge is 0.243 e. The Kier molecular flexibility index (Phi) is 10.1. The molecule has 8 heteroatoms. The molecule has 0 bridgehead atoms. The Morgan fingerprint density at radius 2 is 1.59 bits per heavy atom. The highest BCUT2D eigenvalue weighted by Gasteiger charge is 2.22. The highest BCUT2D eigenvalue weighted by Crippen LogP contribution is 2.17. The fourth-order valence-corrected chi connectivity index (χ4v) is 4.09. The Hall–Kier alpha value is -1.65. The fourth-order valence-electron chi connectivity index (χ4n) is 2.72. The number of sulfonamides is 1. The molecule has 6 nitrogen and oxygen atoms in total. The SMILES string of the molecule is CN=C(NCc1ccc(S(=O)(=O)N(C)C(C)C)cc1)N(C)Cc1ccccc1.I. The van der Waals surface area contributed by atoms with Gasteiger partial charge in [-0.2, -0.15) is 4.31 Å². The van der Waals surface area contributed by atoms with Crippen LogP contribution in [0.1, 0.15) is 25.0 Å². The minimum absolute atomic E-state index is 0. The first-order valence-corrected chi connectivity index (χ1v) is 10.7. The average Bonchev–Trinajstić information content (AvgIpc) is 2.68. The zero-order valence-corrected chi connectivity index (χ0v) is 20.8. The molecule has 0 amide bonds. The molecule has 0 aliphatic heterocycles. The first-order chi connectivity index (χ1) is 13.3. The molecule has 2 aromatic rings. The van der Waals surface area contributed by atoms with Crippen LogP contribution < -0.4 is 5.32 Å². The van der Waals surface area contributed by atoms with Crippen molar-refractivity contribution >= 4 is 40.0 Å². The van der Waals surface area contributed by atoms with Crippen LogP contribution in [0.3, 0.4) is 0 Å². The van der Waals surface area contributed by atoms with Crippen LogP contribution >= 0.6 is 24.0 Å². The number of guanidine groups is 1. The fraction of sp³-hybridized carbons (Fsp3) is 0.381. The summed E-state index contributed by atoms with van der Waals surface area (Å²) in [7, 11) is 1.88. The molecule has 0 atom stereocenters. The van der Waals surface area contributed by atoms with Crippen LogP contribution in [-0.4, -0.2) is 50.8 Å². The van der Waals surface area contributed by atoms with Gasteiger partial charge in [0.2, 0.25) is 10.0 Å². The normalized spacial score (nSPS) is 12.0. The number of nitrogens with one attached hydrogen (secondary N) is 1. The molecule has 2 aromatic carbocycles. The van der Waals surface area contributed by atoms with Crippen LogP contribution in [0.4, 0.5) is 0 Å². The standard InChI is InChI=1S/C21H30N4O2S.HI/c1-17(2)25(5)28(26,27)20-13-11-18(12-14-20)15-23-21(22-3)24(4)16-19-9-7-6-8-10-19;/h6-14,17H,15-16H2,1-5H3,(H,22,23);1H. The molecule has 0 heterocycles. The summed E-state index contributed by atoms with van der Waals surface area (Å²) < 4.78 is 26.5. The van der Waals surface area contributed by atoms with E-state index in [1.54, 1.807) is 26.2 Å². The van der Waals surface area contributed by atoms with Crippen molar-refractivity contribution in [2.75, 3.05) is 21.1 Å². The molecule has 0 aliphatic rings. The van der Waals surface area contributed by atoms with Gasteiger partial charge in [0.15, 0.2) is 5.96 Å². The van der Waals surface area contributed by atoms with Gasteiger partial charge in [-0.1, -0.05) is 42.5 Å². The van der Waals surface area contributed by atoms with E-state index in [1.807, 2.05) is 56.1 Å². The molecule has 0 radical (unpaired) electrons. The van der Waals surface area contributed by atoms with Gasteiger partial charge in [0.1, 0.15) is 0 Å². The highest BCUT2D eigenvalue weighted by atomic mass is 127. The lowest BCUT2D eigenvalue weighted by Gasteiger charge is -2.22. The van der Waals surface area contributed by atoms with Crippen molar-refractivity contribution in [3.05, 3.63) is 65.7 Å². The molecular formula is C21H31IN4O2S. The largest absolute Gasteiger partial charge is 0.352 e. The summed E-state index contributed by atoms with van der Waals surface area (Å²) in [4.78, 5) is 6.68. The Morgan fingerprint density at radius 3 is 2.10 bits per heavy atom. The minimum atomic E-state index is -3.46. The molecule has 0 aliphatic carbocycles. The van der Waals surface area contributed by atoms with E-state index in [0.29, 0.717) is 11.4 Å². The Bertz CT molecular complexity index is 885. The zero-order valence-electron chi connectivity index (χ0n) is 17.7. The van der Waals surface area contributed by atoms with E-state index in [-0.39, 0.29) is 30.0 Å². The van der Waals surface area contributed by atoms with Crippen LogP contribution in [0.5, 0.6) is 0 Å². The second kappa shape index (κ2) is 11.5. The average molecular weight is 530 g/mol. The number of rotatable bonds is 7. The number of nitrogens with zero attached hydrogens (tertiary/aromatic N) is 3. The Morgan fingerprint density at radius 1 is 1.00 bits per heavy atom. The number of halogens is 1. The lowest BCUT2D eigenvalue weighted by atomic mass is 10.2. The minimum Gasteiger partial charge on any atom is -0.352 e. The van der Waals surface area contributed by atoms with Gasteiger partial charge in [-0.05, 0) is 37.1 Å². The number of hydrogen-bond donors (Lipinski definition) is 1. The van der Waals surface area contributed by atoms with Gasteiger partial charge in [0.05, 0.1) is 4.90 Å². The topological polar surface area (TPSA) is 65.0 Å². The summed E-state index contributed by atoms with van der Waals surface area (Å²) in [5, 5.41) is 3.32. The lowest BCUT2D eigenvalue weighted by molar-refractivity contribution is 0.410. The monoisotopic (exact) mass is 530 g/mol. The maximum absolute atomic E-state index is 12.5. The molecule has 0 saturated heterocycles. The van der Waals surface area contributed by atoms with Crippen LogP contribution in [0.2, 0.25) is 0 Å². The third-order valence-corrected chi connectivity index (χ3v) is 6.66. The molecule has 0 spiro atoms. The summed E-state index contributed by atoms with van der Waals surface area (Å²) in [6.45, 7) is 5.02. The quantitative estimate of drug-likeness (QED) is 0.338. The first-order valence-electron chi connectivity index (χ1n) is 9.28. The van der Waals surface area contributed by atoms with Crippen LogP contribution in [0, 0.1) is 0 Å². The van der Waals surface area contributed by atoms with Gasteiger partial charge < -0.3 is 10.2 Å². The molecule has 2 rings (SSSR count). The van der Waals surface area contributed by atoms with E-state index < -0.39 is 10.0 Å². The second-order valence-corrected chi connectivity index (χ2v) is 9.00. The van der Waals surface area contributed by atoms with Gasteiger partial charge in [0, 0.05) is 40.3 Å². The summed E-state index contributed by atoms with van der Waals surface area (Å²) in [6, 6.07) is 17.1. The van der Waals surface area contributed by atoms with Crippen molar-refractivity contribution in [3.8, 4) is 0 Å². The summed E-state index contributed by atoms with van der Waals surface area (Å²) in [5.41, 5.74) is 2.19. The van der Waals surface area contributed by atoms with Gasteiger partial charge >= 0.3 is 0 Å². The van der Waals surface area contributed by atoms with Gasteiger partial charge in [-0.3, -0.25) is 4.99 Å². The van der Waals surface area contributed by atoms with E-state index in [2.05, 4.69) is 22.4 Å². The van der Waals surface area contributed by atoms with Crippen molar-refractivity contribution in [2.45, 2.75) is 37.9 Å². The molecule has 1 N–H and O–H groups in total. The van der Waals surface area contributed by atoms with Crippen molar-refractivity contribution in [3.63, 3.8) is 0 Å². The third kappa shape index (κ3) is 6.97. The van der Waals surface area contributed by atoms with Crippen LogP contribution in [0.25, 0.3) is 0 Å². The Labute approximate surface area is 192 Å². The van der Waals surface area contributed by atoms with E-state index in [0.717, 1.165) is 18.1 Å². The predicted molar refractivity (Wildman–Crippen MR) is 130 cm³/mol. The van der Waals surface area contributed by atoms with E-state index in [1.165, 1.54) is 9.87 Å². The van der Waals surface area contributed by atoms with Crippen molar-refractivity contribution < 1.29 is 8.42 Å². The Balaban J connectivity index is 0.00000420. The van der Waals surface area contributed by atoms with E-state index >= 15 is 0 Å². The van der Waals surface area contributed by atoms with Gasteiger partial charge in [-0.25, -0.2) is 8.42 Å². The number of hydrogen-bond acceptors (Lipinski definition) is 3. The summed E-state index contributed by atoms with van der Waals surface area (Å²) >= 11 is 0. The maximum atomic E-state index is 12.5. The molecule has 0 unspecified atom stereocenters. The predicted octanol–water partition coefficient (Wildman–Crippen LogP) is 3.54. The van der Waals surface area contributed by atoms with E-state index in [4.69, 9.17) is 0 Å². The molecular weight excluding hydrogens is 499 g/mol. The zero-order chi connectivity index (χ0) is 20.7. The molecule has 160 valence electrons. The first kappa shape index (κ1) is 25.4. The van der Waals surface area contributed by atoms with Crippen molar-refractivity contribution in [1.82, 2.24) is 14.5 Å². The maximum Gasteiger partial charge on any atom is 0.243 e. The van der Waals surface area contributed by atoms with E-state index in [9.17, 15) is 8.42 Å². The van der Waals surface area contributed by atoms with Gasteiger partial charge in [0.25, 0.3) is 0 Å². The van der Waals surface area contributed by atoms with Crippen molar-refractivity contribution in [2.24, 2.45) is 4.99 Å².